The molecule has 1 aromatic rings. The minimum absolute atomic E-state index is 0.228. The van der Waals surface area contributed by atoms with Crippen LogP contribution in [0.15, 0.2) is 28.7 Å². The lowest BCUT2D eigenvalue weighted by Gasteiger charge is -2.19. The van der Waals surface area contributed by atoms with Crippen molar-refractivity contribution in [1.29, 1.82) is 0 Å². The van der Waals surface area contributed by atoms with Crippen molar-refractivity contribution in [3.8, 4) is 0 Å². The molecule has 0 spiro atoms. The van der Waals surface area contributed by atoms with E-state index in [1.807, 2.05) is 24.3 Å². The van der Waals surface area contributed by atoms with Gasteiger partial charge in [0.25, 0.3) is 0 Å². The fourth-order valence-electron chi connectivity index (χ4n) is 1.88. The zero-order chi connectivity index (χ0) is 13.4. The smallest absolute Gasteiger partial charge is 0.164 e. The van der Waals surface area contributed by atoms with Gasteiger partial charge >= 0.3 is 0 Å². The second kappa shape index (κ2) is 8.44. The largest absolute Gasteiger partial charge is 0.303 e. The van der Waals surface area contributed by atoms with Gasteiger partial charge in [0.1, 0.15) is 0 Å². The van der Waals surface area contributed by atoms with Gasteiger partial charge in [-0.3, -0.25) is 4.79 Å². The van der Waals surface area contributed by atoms with Crippen molar-refractivity contribution in [2.75, 3.05) is 19.6 Å². The number of halogens is 1. The first-order valence-electron chi connectivity index (χ1n) is 6.68. The Morgan fingerprint density at radius 2 is 2.06 bits per heavy atom. The first-order valence-corrected chi connectivity index (χ1v) is 7.47. The van der Waals surface area contributed by atoms with Crippen LogP contribution in [0.4, 0.5) is 0 Å². The van der Waals surface area contributed by atoms with Gasteiger partial charge in [-0.1, -0.05) is 48.3 Å². The lowest BCUT2D eigenvalue weighted by molar-refractivity contribution is 0.0965. The van der Waals surface area contributed by atoms with Crippen LogP contribution in [0.1, 0.15) is 43.5 Å². The van der Waals surface area contributed by atoms with Crippen LogP contribution in [0.3, 0.4) is 0 Å². The van der Waals surface area contributed by atoms with Crippen LogP contribution < -0.4 is 0 Å². The maximum absolute atomic E-state index is 12.0. The minimum atomic E-state index is 0.228. The molecule has 0 unspecified atom stereocenters. The predicted octanol–water partition coefficient (Wildman–Crippen LogP) is 4.14. The number of unbranched alkanes of at least 4 members (excludes halogenated alkanes) is 1. The maximum atomic E-state index is 12.0. The first-order chi connectivity index (χ1) is 8.67. The highest BCUT2D eigenvalue weighted by atomic mass is 79.9. The molecule has 0 radical (unpaired) electrons. The Morgan fingerprint density at radius 3 is 2.67 bits per heavy atom. The molecule has 0 saturated carbocycles. The van der Waals surface area contributed by atoms with E-state index in [1.165, 1.54) is 12.8 Å². The lowest BCUT2D eigenvalue weighted by atomic mass is 10.1. The third kappa shape index (κ3) is 5.32. The summed E-state index contributed by atoms with van der Waals surface area (Å²) in [4.78, 5) is 14.4. The molecule has 1 rings (SSSR count). The van der Waals surface area contributed by atoms with Crippen molar-refractivity contribution in [2.45, 2.75) is 33.1 Å². The van der Waals surface area contributed by atoms with Crippen LogP contribution in [0.5, 0.6) is 0 Å². The molecule has 3 heteroatoms. The molecule has 1 aromatic carbocycles. The first kappa shape index (κ1) is 15.4. The number of carbonyl (C=O) groups is 1. The number of nitrogens with zero attached hydrogens (tertiary/aromatic N) is 1. The standard InChI is InChI=1S/C15H22BrNO/c1-3-5-10-17(4-2)11-9-15(18)13-7-6-8-14(16)12-13/h6-8,12H,3-5,9-11H2,1-2H3. The van der Waals surface area contributed by atoms with Crippen molar-refractivity contribution in [2.24, 2.45) is 0 Å². The van der Waals surface area contributed by atoms with Gasteiger partial charge in [-0.2, -0.15) is 0 Å². The van der Waals surface area contributed by atoms with Crippen molar-refractivity contribution in [1.82, 2.24) is 4.90 Å². The minimum Gasteiger partial charge on any atom is -0.303 e. The van der Waals surface area contributed by atoms with E-state index >= 15 is 0 Å². The molecular formula is C15H22BrNO. The van der Waals surface area contributed by atoms with Gasteiger partial charge in [0.15, 0.2) is 5.78 Å². The fourth-order valence-corrected chi connectivity index (χ4v) is 2.27. The van der Waals surface area contributed by atoms with Gasteiger partial charge < -0.3 is 4.90 Å². The predicted molar refractivity (Wildman–Crippen MR) is 80.1 cm³/mol. The highest BCUT2D eigenvalue weighted by Crippen LogP contribution is 2.13. The SMILES string of the molecule is CCCCN(CC)CCC(=O)c1cccc(Br)c1. The van der Waals surface area contributed by atoms with E-state index in [1.54, 1.807) is 0 Å². The Balaban J connectivity index is 2.44. The molecule has 2 nitrogen and oxygen atoms in total. The van der Waals surface area contributed by atoms with E-state index in [2.05, 4.69) is 34.7 Å². The topological polar surface area (TPSA) is 20.3 Å². The third-order valence-electron chi connectivity index (χ3n) is 3.08. The van der Waals surface area contributed by atoms with E-state index in [0.717, 1.165) is 29.7 Å². The van der Waals surface area contributed by atoms with Crippen LogP contribution in [0.25, 0.3) is 0 Å². The van der Waals surface area contributed by atoms with Gasteiger partial charge in [0.05, 0.1) is 0 Å². The molecule has 0 atom stereocenters. The van der Waals surface area contributed by atoms with Crippen molar-refractivity contribution < 1.29 is 4.79 Å². The summed E-state index contributed by atoms with van der Waals surface area (Å²) in [6.07, 6.45) is 3.02. The number of carbonyl (C=O) groups excluding carboxylic acids is 1. The zero-order valence-corrected chi connectivity index (χ0v) is 12.9. The molecule has 0 bridgehead atoms. The summed E-state index contributed by atoms with van der Waals surface area (Å²) in [5.74, 6) is 0.228. The number of benzene rings is 1. The molecule has 0 aliphatic rings. The maximum Gasteiger partial charge on any atom is 0.164 e. The third-order valence-corrected chi connectivity index (χ3v) is 3.57. The van der Waals surface area contributed by atoms with Crippen LogP contribution >= 0.6 is 15.9 Å². The molecule has 0 N–H and O–H groups in total. The summed E-state index contributed by atoms with van der Waals surface area (Å²) in [5, 5.41) is 0. The number of hydrogen-bond donors (Lipinski definition) is 0. The normalized spacial score (nSPS) is 10.9. The molecule has 100 valence electrons. The van der Waals surface area contributed by atoms with Crippen molar-refractivity contribution in [3.63, 3.8) is 0 Å². The fraction of sp³-hybridized carbons (Fsp3) is 0.533. The van der Waals surface area contributed by atoms with Crippen LogP contribution in [0, 0.1) is 0 Å². The van der Waals surface area contributed by atoms with E-state index in [4.69, 9.17) is 0 Å². The second-order valence-electron chi connectivity index (χ2n) is 4.47. The summed E-state index contributed by atoms with van der Waals surface area (Å²) >= 11 is 3.40. The molecule has 0 heterocycles. The van der Waals surface area contributed by atoms with Gasteiger partial charge in [-0.25, -0.2) is 0 Å². The summed E-state index contributed by atoms with van der Waals surface area (Å²) in [6, 6.07) is 7.63. The van der Waals surface area contributed by atoms with Crippen molar-refractivity contribution in [3.05, 3.63) is 34.3 Å². The Bertz CT molecular complexity index is 379. The Kier molecular flexibility index (Phi) is 7.21. The van der Waals surface area contributed by atoms with E-state index in [0.29, 0.717) is 6.42 Å². The highest BCUT2D eigenvalue weighted by Gasteiger charge is 2.08. The van der Waals surface area contributed by atoms with Gasteiger partial charge in [-0.15, -0.1) is 0 Å². The van der Waals surface area contributed by atoms with E-state index in [9.17, 15) is 4.79 Å². The zero-order valence-electron chi connectivity index (χ0n) is 11.3. The van der Waals surface area contributed by atoms with Gasteiger partial charge in [-0.05, 0) is 31.6 Å². The van der Waals surface area contributed by atoms with E-state index < -0.39 is 0 Å². The Hall–Kier alpha value is -0.670. The summed E-state index contributed by atoms with van der Waals surface area (Å²) in [5.41, 5.74) is 0.802. The molecule has 0 saturated heterocycles. The molecule has 0 amide bonds. The molecule has 0 aromatic heterocycles. The molecule has 0 aliphatic heterocycles. The average molecular weight is 312 g/mol. The monoisotopic (exact) mass is 311 g/mol. The molecule has 0 fully saturated rings. The van der Waals surface area contributed by atoms with Gasteiger partial charge in [0, 0.05) is 23.0 Å². The Morgan fingerprint density at radius 1 is 1.28 bits per heavy atom. The van der Waals surface area contributed by atoms with Crippen LogP contribution in [-0.4, -0.2) is 30.3 Å². The van der Waals surface area contributed by atoms with Crippen molar-refractivity contribution >= 4 is 21.7 Å². The Labute approximate surface area is 119 Å². The molecule has 18 heavy (non-hydrogen) atoms. The lowest BCUT2D eigenvalue weighted by Crippen LogP contribution is -2.27. The quantitative estimate of drug-likeness (QED) is 0.672. The number of hydrogen-bond acceptors (Lipinski definition) is 2. The second-order valence-corrected chi connectivity index (χ2v) is 5.39. The number of rotatable bonds is 8. The van der Waals surface area contributed by atoms with Crippen LogP contribution in [-0.2, 0) is 0 Å². The average Bonchev–Trinajstić information content (AvgIpc) is 2.38. The van der Waals surface area contributed by atoms with Crippen LogP contribution in [0.2, 0.25) is 0 Å². The molecule has 0 aliphatic carbocycles. The molecular weight excluding hydrogens is 290 g/mol. The number of Topliss-reactive ketones (excluding diaryl/α,β-unsaturated/α-hetero) is 1. The van der Waals surface area contributed by atoms with E-state index in [-0.39, 0.29) is 5.78 Å². The van der Waals surface area contributed by atoms with Gasteiger partial charge in [0.2, 0.25) is 0 Å². The summed E-state index contributed by atoms with van der Waals surface area (Å²) in [6.45, 7) is 7.33. The summed E-state index contributed by atoms with van der Waals surface area (Å²) < 4.78 is 0.965. The summed E-state index contributed by atoms with van der Waals surface area (Å²) in [7, 11) is 0. The number of ketones is 1. The highest BCUT2D eigenvalue weighted by molar-refractivity contribution is 9.10.